The molecule has 0 aliphatic carbocycles. The number of amides is 1. The molecule has 0 unspecified atom stereocenters. The van der Waals surface area contributed by atoms with Crippen LogP contribution in [0.4, 0.5) is 18.9 Å². The van der Waals surface area contributed by atoms with Crippen molar-refractivity contribution in [3.05, 3.63) is 59.7 Å². The topological polar surface area (TPSA) is 92.8 Å². The van der Waals surface area contributed by atoms with Crippen LogP contribution in [0.1, 0.15) is 15.9 Å². The van der Waals surface area contributed by atoms with Crippen LogP contribution in [0.5, 0.6) is 0 Å². The van der Waals surface area contributed by atoms with Crippen molar-refractivity contribution in [3.63, 3.8) is 0 Å². The first-order valence-electron chi connectivity index (χ1n) is 8.08. The Morgan fingerprint density at radius 1 is 1.07 bits per heavy atom. The molecular weight excluding hydrogens is 413 g/mol. The Kier molecular flexibility index (Phi) is 6.65. The zero-order valence-corrected chi connectivity index (χ0v) is 16.2. The van der Waals surface area contributed by atoms with Gasteiger partial charge in [0, 0.05) is 19.8 Å². The molecule has 0 atom stereocenters. The molecule has 0 bridgehead atoms. The molecule has 0 heterocycles. The number of ether oxygens (including phenoxy) is 1. The minimum absolute atomic E-state index is 0.0398. The van der Waals surface area contributed by atoms with E-state index < -0.39 is 40.2 Å². The zero-order chi connectivity index (χ0) is 21.8. The molecule has 11 heteroatoms. The van der Waals surface area contributed by atoms with E-state index in [1.165, 1.54) is 38.4 Å². The molecule has 7 nitrogen and oxygen atoms in total. The average Bonchev–Trinajstić information content (AvgIpc) is 2.65. The van der Waals surface area contributed by atoms with Gasteiger partial charge in [-0.15, -0.1) is 0 Å². The van der Waals surface area contributed by atoms with E-state index in [2.05, 4.69) is 5.32 Å². The summed E-state index contributed by atoms with van der Waals surface area (Å²) >= 11 is 0. The van der Waals surface area contributed by atoms with Crippen molar-refractivity contribution in [2.24, 2.45) is 0 Å². The number of sulfonamides is 1. The molecule has 0 aliphatic heterocycles. The second-order valence-electron chi connectivity index (χ2n) is 6.01. The minimum atomic E-state index is -4.53. The Morgan fingerprint density at radius 2 is 1.69 bits per heavy atom. The SMILES string of the molecule is CN(C)S(=O)(=O)c1cccc(NC(=O)COC(=O)c2ccc(C(F)(F)F)cc2)c1. The number of nitrogens with zero attached hydrogens (tertiary/aromatic N) is 1. The lowest BCUT2D eigenvalue weighted by atomic mass is 10.1. The highest BCUT2D eigenvalue weighted by atomic mass is 32.2. The number of rotatable bonds is 6. The van der Waals surface area contributed by atoms with Crippen LogP contribution < -0.4 is 5.32 Å². The molecule has 0 aromatic heterocycles. The Balaban J connectivity index is 1.97. The van der Waals surface area contributed by atoms with E-state index in [0.717, 1.165) is 28.6 Å². The third-order valence-corrected chi connectivity index (χ3v) is 5.49. The summed E-state index contributed by atoms with van der Waals surface area (Å²) in [4.78, 5) is 23.7. The van der Waals surface area contributed by atoms with Gasteiger partial charge in [0.05, 0.1) is 16.0 Å². The fraction of sp³-hybridized carbons (Fsp3) is 0.222. The first kappa shape index (κ1) is 22.4. The normalized spacial score (nSPS) is 11.9. The molecule has 0 spiro atoms. The van der Waals surface area contributed by atoms with Crippen molar-refractivity contribution in [1.82, 2.24) is 4.31 Å². The number of nitrogens with one attached hydrogen (secondary N) is 1. The molecule has 2 aromatic carbocycles. The van der Waals surface area contributed by atoms with Crippen molar-refractivity contribution in [1.29, 1.82) is 0 Å². The number of halogens is 3. The van der Waals surface area contributed by atoms with Gasteiger partial charge in [0.15, 0.2) is 6.61 Å². The van der Waals surface area contributed by atoms with Gasteiger partial charge in [-0.05, 0) is 42.5 Å². The lowest BCUT2D eigenvalue weighted by molar-refractivity contribution is -0.137. The summed E-state index contributed by atoms with van der Waals surface area (Å²) in [6, 6.07) is 8.82. The van der Waals surface area contributed by atoms with Gasteiger partial charge in [-0.2, -0.15) is 13.2 Å². The van der Waals surface area contributed by atoms with E-state index in [9.17, 15) is 31.2 Å². The average molecular weight is 430 g/mol. The lowest BCUT2D eigenvalue weighted by Crippen LogP contribution is -2.23. The summed E-state index contributed by atoms with van der Waals surface area (Å²) in [5, 5.41) is 2.38. The molecule has 0 fully saturated rings. The van der Waals surface area contributed by atoms with Gasteiger partial charge in [0.1, 0.15) is 0 Å². The predicted octanol–water partition coefficient (Wildman–Crippen LogP) is 2.75. The highest BCUT2D eigenvalue weighted by Crippen LogP contribution is 2.29. The number of esters is 1. The van der Waals surface area contributed by atoms with Gasteiger partial charge in [-0.1, -0.05) is 6.07 Å². The maximum absolute atomic E-state index is 12.5. The van der Waals surface area contributed by atoms with Crippen LogP contribution in [0.15, 0.2) is 53.4 Å². The quantitative estimate of drug-likeness (QED) is 0.712. The van der Waals surface area contributed by atoms with Gasteiger partial charge < -0.3 is 10.1 Å². The Bertz CT molecular complexity index is 1000. The van der Waals surface area contributed by atoms with Crippen LogP contribution in [-0.2, 0) is 25.7 Å². The summed E-state index contributed by atoms with van der Waals surface area (Å²) in [6.07, 6.45) is -4.53. The molecular formula is C18H17F3N2O5S. The first-order valence-corrected chi connectivity index (χ1v) is 9.52. The van der Waals surface area contributed by atoms with Crippen LogP contribution in [-0.4, -0.2) is 45.3 Å². The van der Waals surface area contributed by atoms with Crippen molar-refractivity contribution in [2.45, 2.75) is 11.1 Å². The van der Waals surface area contributed by atoms with E-state index in [4.69, 9.17) is 4.74 Å². The van der Waals surface area contributed by atoms with Crippen LogP contribution in [0.3, 0.4) is 0 Å². The molecule has 1 amide bonds. The Hall–Kier alpha value is -2.92. The third-order valence-electron chi connectivity index (χ3n) is 3.68. The van der Waals surface area contributed by atoms with E-state index in [0.29, 0.717) is 0 Å². The van der Waals surface area contributed by atoms with Gasteiger partial charge >= 0.3 is 12.1 Å². The van der Waals surface area contributed by atoms with Crippen molar-refractivity contribution < 1.29 is 35.9 Å². The number of carbonyl (C=O) groups is 2. The van der Waals surface area contributed by atoms with Gasteiger partial charge in [-0.25, -0.2) is 17.5 Å². The summed E-state index contributed by atoms with van der Waals surface area (Å²) in [5.41, 5.74) is -0.896. The summed E-state index contributed by atoms with van der Waals surface area (Å²) in [6.45, 7) is -0.704. The summed E-state index contributed by atoms with van der Waals surface area (Å²) in [7, 11) is -0.970. The van der Waals surface area contributed by atoms with Crippen molar-refractivity contribution in [2.75, 3.05) is 26.0 Å². The van der Waals surface area contributed by atoms with Crippen LogP contribution in [0.25, 0.3) is 0 Å². The first-order chi connectivity index (χ1) is 13.4. The fourth-order valence-electron chi connectivity index (χ4n) is 2.15. The number of hydrogen-bond donors (Lipinski definition) is 1. The second kappa shape index (κ2) is 8.62. The highest BCUT2D eigenvalue weighted by molar-refractivity contribution is 7.89. The lowest BCUT2D eigenvalue weighted by Gasteiger charge is -2.13. The number of benzene rings is 2. The maximum Gasteiger partial charge on any atom is 0.416 e. The van der Waals surface area contributed by atoms with Crippen LogP contribution in [0.2, 0.25) is 0 Å². The zero-order valence-electron chi connectivity index (χ0n) is 15.4. The molecule has 29 heavy (non-hydrogen) atoms. The molecule has 0 aliphatic rings. The Morgan fingerprint density at radius 3 is 2.24 bits per heavy atom. The fourth-order valence-corrected chi connectivity index (χ4v) is 3.10. The molecule has 2 aromatic rings. The van der Waals surface area contributed by atoms with E-state index in [1.54, 1.807) is 0 Å². The van der Waals surface area contributed by atoms with Gasteiger partial charge in [0.25, 0.3) is 5.91 Å². The third kappa shape index (κ3) is 5.78. The monoisotopic (exact) mass is 430 g/mol. The smallest absolute Gasteiger partial charge is 0.416 e. The standard InChI is InChI=1S/C18H17F3N2O5S/c1-23(2)29(26,27)15-5-3-4-14(10-15)22-16(24)11-28-17(25)12-6-8-13(9-7-12)18(19,20)21/h3-10H,11H2,1-2H3,(H,22,24). The van der Waals surface area contributed by atoms with Crippen LogP contribution in [0, 0.1) is 0 Å². The van der Waals surface area contributed by atoms with Gasteiger partial charge in [0.2, 0.25) is 10.0 Å². The summed E-state index contributed by atoms with van der Waals surface area (Å²) < 4.78 is 67.5. The number of hydrogen-bond acceptors (Lipinski definition) is 5. The molecule has 2 rings (SSSR count). The molecule has 0 saturated heterocycles. The molecule has 1 N–H and O–H groups in total. The van der Waals surface area contributed by atoms with E-state index in [-0.39, 0.29) is 16.1 Å². The maximum atomic E-state index is 12.5. The largest absolute Gasteiger partial charge is 0.452 e. The predicted molar refractivity (Wildman–Crippen MR) is 97.7 cm³/mol. The Labute approximate surface area is 165 Å². The van der Waals surface area contributed by atoms with E-state index >= 15 is 0 Å². The van der Waals surface area contributed by atoms with Crippen molar-refractivity contribution >= 4 is 27.6 Å². The molecule has 156 valence electrons. The second-order valence-corrected chi connectivity index (χ2v) is 8.17. The van der Waals surface area contributed by atoms with Gasteiger partial charge in [-0.3, -0.25) is 4.79 Å². The number of anilines is 1. The van der Waals surface area contributed by atoms with Crippen molar-refractivity contribution in [3.8, 4) is 0 Å². The number of alkyl halides is 3. The molecule has 0 radical (unpaired) electrons. The highest BCUT2D eigenvalue weighted by Gasteiger charge is 2.30. The van der Waals surface area contributed by atoms with E-state index in [1.807, 2.05) is 0 Å². The molecule has 0 saturated carbocycles. The number of carbonyl (C=O) groups excluding carboxylic acids is 2. The van der Waals surface area contributed by atoms with Crippen LogP contribution >= 0.6 is 0 Å². The minimum Gasteiger partial charge on any atom is -0.452 e. The summed E-state index contributed by atoms with van der Waals surface area (Å²) in [5.74, 6) is -1.72.